The molecule has 13 heteroatoms. The van der Waals surface area contributed by atoms with Crippen LogP contribution in [0.2, 0.25) is 0 Å². The molecule has 0 radical (unpaired) electrons. The number of nitrogens with zero attached hydrogens (tertiary/aromatic N) is 8. The van der Waals surface area contributed by atoms with Gasteiger partial charge < -0.3 is 20.0 Å². The van der Waals surface area contributed by atoms with E-state index in [-0.39, 0.29) is 17.1 Å². The average molecular weight is 596 g/mol. The highest BCUT2D eigenvalue weighted by molar-refractivity contribution is 5.98. The lowest BCUT2D eigenvalue weighted by Gasteiger charge is -2.26. The lowest BCUT2D eigenvalue weighted by atomic mass is 10.1. The summed E-state index contributed by atoms with van der Waals surface area (Å²) in [5.74, 6) is -0.660. The van der Waals surface area contributed by atoms with Crippen LogP contribution in [0.1, 0.15) is 18.5 Å². The van der Waals surface area contributed by atoms with E-state index in [1.54, 1.807) is 16.8 Å². The smallest absolute Gasteiger partial charge is 0.266 e. The van der Waals surface area contributed by atoms with E-state index in [0.717, 1.165) is 35.9 Å². The molecule has 0 saturated carbocycles. The molecule has 1 aromatic carbocycles. The van der Waals surface area contributed by atoms with Crippen molar-refractivity contribution < 1.29 is 14.2 Å². The fourth-order valence-electron chi connectivity index (χ4n) is 5.84. The second-order valence-corrected chi connectivity index (χ2v) is 10.8. The topological polar surface area (TPSA) is 142 Å². The summed E-state index contributed by atoms with van der Waals surface area (Å²) in [6.45, 7) is 6.12. The Kier molecular flexibility index (Phi) is 7.03. The van der Waals surface area contributed by atoms with Crippen LogP contribution in [0.15, 0.2) is 71.9 Å². The standard InChI is InChI=1S/C31H30FN9O3/c1-19(41-31-27(30(33)34-18-35-31)28(37-41)20-14-21(32)16-23(42)15-20)24-17-22-4-2-3-7-39(22)29(24)25-5-6-26(43)40(36-25)9-8-38-10-12-44-13-11-38/h2-7,14-19,42H,8-13H2,1H3,(H2,33,34,35). The average Bonchev–Trinajstić information content (AvgIpc) is 3.61. The van der Waals surface area contributed by atoms with Gasteiger partial charge in [0.2, 0.25) is 0 Å². The predicted octanol–water partition coefficient (Wildman–Crippen LogP) is 3.34. The van der Waals surface area contributed by atoms with Crippen molar-refractivity contribution in [3.8, 4) is 28.4 Å². The van der Waals surface area contributed by atoms with Crippen molar-refractivity contribution in [2.45, 2.75) is 19.5 Å². The van der Waals surface area contributed by atoms with E-state index >= 15 is 0 Å². The van der Waals surface area contributed by atoms with Crippen LogP contribution in [-0.2, 0) is 11.3 Å². The molecule has 1 aliphatic heterocycles. The summed E-state index contributed by atoms with van der Waals surface area (Å²) in [5.41, 5.74) is 10.5. The molecular formula is C31H30FN9O3. The van der Waals surface area contributed by atoms with E-state index in [0.29, 0.717) is 54.3 Å². The van der Waals surface area contributed by atoms with Gasteiger partial charge in [0.1, 0.15) is 35.1 Å². The van der Waals surface area contributed by atoms with Crippen molar-refractivity contribution in [3.63, 3.8) is 0 Å². The molecule has 5 aromatic heterocycles. The van der Waals surface area contributed by atoms with Gasteiger partial charge in [0.15, 0.2) is 5.65 Å². The molecule has 1 unspecified atom stereocenters. The molecule has 7 rings (SSSR count). The Bertz CT molecular complexity index is 2040. The third kappa shape index (κ3) is 4.95. The number of halogens is 1. The predicted molar refractivity (Wildman–Crippen MR) is 163 cm³/mol. The fraction of sp³-hybridized carbons (Fsp3) is 0.258. The fourth-order valence-corrected chi connectivity index (χ4v) is 5.84. The SMILES string of the molecule is CC(c1cc2ccccn2c1-c1ccc(=O)n(CCN2CCOCC2)n1)n1nc(-c2cc(O)cc(F)c2)c2c(N)ncnc21. The van der Waals surface area contributed by atoms with Crippen LogP contribution in [0.5, 0.6) is 5.75 Å². The summed E-state index contributed by atoms with van der Waals surface area (Å²) in [6, 6.07) is 14.5. The number of aromatic hydroxyl groups is 1. The van der Waals surface area contributed by atoms with Crippen LogP contribution in [-0.4, -0.2) is 76.8 Å². The lowest BCUT2D eigenvalue weighted by molar-refractivity contribution is 0.0358. The zero-order valence-electron chi connectivity index (χ0n) is 24.0. The van der Waals surface area contributed by atoms with Gasteiger partial charge in [-0.15, -0.1) is 0 Å². The molecular weight excluding hydrogens is 565 g/mol. The van der Waals surface area contributed by atoms with E-state index in [1.165, 1.54) is 23.1 Å². The number of benzene rings is 1. The molecule has 1 saturated heterocycles. The first-order chi connectivity index (χ1) is 21.4. The number of hydrogen-bond acceptors (Lipinski definition) is 9. The van der Waals surface area contributed by atoms with Crippen LogP contribution >= 0.6 is 0 Å². The highest BCUT2D eigenvalue weighted by Gasteiger charge is 2.26. The number of pyridine rings is 1. The van der Waals surface area contributed by atoms with Gasteiger partial charge in [-0.2, -0.15) is 10.2 Å². The number of aromatic nitrogens is 7. The van der Waals surface area contributed by atoms with Gasteiger partial charge >= 0.3 is 0 Å². The number of phenolic OH excluding ortho intramolecular Hbond substituents is 1. The Balaban J connectivity index is 1.35. The maximum absolute atomic E-state index is 14.3. The zero-order valence-corrected chi connectivity index (χ0v) is 24.0. The number of rotatable bonds is 7. The van der Waals surface area contributed by atoms with Gasteiger partial charge in [-0.3, -0.25) is 9.69 Å². The first-order valence-corrected chi connectivity index (χ1v) is 14.3. The van der Waals surface area contributed by atoms with Gasteiger partial charge in [0.25, 0.3) is 5.56 Å². The van der Waals surface area contributed by atoms with Gasteiger partial charge in [-0.05, 0) is 43.3 Å². The molecule has 12 nitrogen and oxygen atoms in total. The summed E-state index contributed by atoms with van der Waals surface area (Å²) in [6.07, 6.45) is 3.31. The number of fused-ring (bicyclic) bond motifs is 2. The molecule has 44 heavy (non-hydrogen) atoms. The maximum atomic E-state index is 14.3. The molecule has 1 aliphatic rings. The van der Waals surface area contributed by atoms with Gasteiger partial charge in [-0.1, -0.05) is 6.07 Å². The third-order valence-corrected chi connectivity index (χ3v) is 8.04. The van der Waals surface area contributed by atoms with Crippen molar-refractivity contribution in [1.82, 2.24) is 38.8 Å². The van der Waals surface area contributed by atoms with Crippen LogP contribution in [0.4, 0.5) is 10.2 Å². The molecule has 224 valence electrons. The quantitative estimate of drug-likeness (QED) is 0.284. The maximum Gasteiger partial charge on any atom is 0.266 e. The Labute approximate surface area is 250 Å². The number of anilines is 1. The van der Waals surface area contributed by atoms with Gasteiger partial charge in [0, 0.05) is 54.6 Å². The number of nitrogen functional groups attached to an aromatic ring is 1. The second kappa shape index (κ2) is 11.2. The number of ether oxygens (including phenoxy) is 1. The largest absolute Gasteiger partial charge is 0.508 e. The summed E-state index contributed by atoms with van der Waals surface area (Å²) in [5, 5.41) is 20.2. The molecule has 0 amide bonds. The van der Waals surface area contributed by atoms with Crippen molar-refractivity contribution in [2.75, 3.05) is 38.6 Å². The van der Waals surface area contributed by atoms with E-state index < -0.39 is 11.9 Å². The minimum absolute atomic E-state index is 0.175. The zero-order chi connectivity index (χ0) is 30.4. The van der Waals surface area contributed by atoms with E-state index in [9.17, 15) is 14.3 Å². The number of nitrogens with two attached hydrogens (primary N) is 1. The number of morpholine rings is 1. The molecule has 0 aliphatic carbocycles. The summed E-state index contributed by atoms with van der Waals surface area (Å²) in [4.78, 5) is 23.8. The highest BCUT2D eigenvalue weighted by atomic mass is 19.1. The van der Waals surface area contributed by atoms with Crippen molar-refractivity contribution in [1.29, 1.82) is 0 Å². The molecule has 1 fully saturated rings. The van der Waals surface area contributed by atoms with E-state index in [2.05, 4.69) is 20.9 Å². The summed E-state index contributed by atoms with van der Waals surface area (Å²) in [7, 11) is 0. The normalized spacial score (nSPS) is 14.9. The number of hydrogen-bond donors (Lipinski definition) is 2. The Morgan fingerprint density at radius 1 is 1.05 bits per heavy atom. The van der Waals surface area contributed by atoms with Crippen LogP contribution in [0.25, 0.3) is 39.2 Å². The van der Waals surface area contributed by atoms with Crippen LogP contribution in [0, 0.1) is 5.82 Å². The third-order valence-electron chi connectivity index (χ3n) is 8.04. The number of phenols is 1. The highest BCUT2D eigenvalue weighted by Crippen LogP contribution is 2.37. The molecule has 0 spiro atoms. The Hall–Kier alpha value is -5.14. The minimum Gasteiger partial charge on any atom is -0.508 e. The van der Waals surface area contributed by atoms with Crippen molar-refractivity contribution >= 4 is 22.4 Å². The molecule has 1 atom stereocenters. The van der Waals surface area contributed by atoms with Gasteiger partial charge in [-0.25, -0.2) is 23.7 Å². The monoisotopic (exact) mass is 595 g/mol. The molecule has 6 heterocycles. The first kappa shape index (κ1) is 27.7. The first-order valence-electron chi connectivity index (χ1n) is 14.3. The molecule has 6 aromatic rings. The van der Waals surface area contributed by atoms with Gasteiger partial charge in [0.05, 0.1) is 36.9 Å². The van der Waals surface area contributed by atoms with Crippen LogP contribution < -0.4 is 11.3 Å². The van der Waals surface area contributed by atoms with Crippen molar-refractivity contribution in [3.05, 3.63) is 88.9 Å². The Morgan fingerprint density at radius 2 is 1.89 bits per heavy atom. The van der Waals surface area contributed by atoms with Crippen molar-refractivity contribution in [2.24, 2.45) is 0 Å². The molecule has 0 bridgehead atoms. The second-order valence-electron chi connectivity index (χ2n) is 10.8. The summed E-state index contributed by atoms with van der Waals surface area (Å²) < 4.78 is 25.0. The van der Waals surface area contributed by atoms with E-state index in [1.807, 2.05) is 35.7 Å². The van der Waals surface area contributed by atoms with Crippen LogP contribution in [0.3, 0.4) is 0 Å². The summed E-state index contributed by atoms with van der Waals surface area (Å²) >= 11 is 0. The molecule has 3 N–H and O–H groups in total. The minimum atomic E-state index is -0.609. The van der Waals surface area contributed by atoms with E-state index in [4.69, 9.17) is 20.7 Å². The lowest BCUT2D eigenvalue weighted by Crippen LogP contribution is -2.39. The Morgan fingerprint density at radius 3 is 2.70 bits per heavy atom.